The highest BCUT2D eigenvalue weighted by molar-refractivity contribution is 6.30. The van der Waals surface area contributed by atoms with Gasteiger partial charge in [-0.2, -0.15) is 0 Å². The van der Waals surface area contributed by atoms with Crippen LogP contribution in [0.5, 0.6) is 0 Å². The number of aryl methyl sites for hydroxylation is 1. The highest BCUT2D eigenvalue weighted by atomic mass is 35.5. The summed E-state index contributed by atoms with van der Waals surface area (Å²) in [5.74, 6) is 1.42. The predicted octanol–water partition coefficient (Wildman–Crippen LogP) is 4.56. The second-order valence-electron chi connectivity index (χ2n) is 10.5. The lowest BCUT2D eigenvalue weighted by atomic mass is 10.1. The molecular formula is C29H33ClN6O2. The third kappa shape index (κ3) is 5.29. The molecule has 2 aromatic heterocycles. The molecule has 38 heavy (non-hydrogen) atoms. The first kappa shape index (κ1) is 25.0. The molecule has 2 fully saturated rings. The first-order valence-electron chi connectivity index (χ1n) is 13.3. The Hall–Kier alpha value is -3.33. The van der Waals surface area contributed by atoms with Gasteiger partial charge in [0.1, 0.15) is 11.4 Å². The summed E-state index contributed by atoms with van der Waals surface area (Å²) in [6.07, 6.45) is 3.59. The first-order valence-corrected chi connectivity index (χ1v) is 13.7. The van der Waals surface area contributed by atoms with Gasteiger partial charge in [-0.3, -0.25) is 9.69 Å². The van der Waals surface area contributed by atoms with E-state index in [9.17, 15) is 9.90 Å². The molecule has 198 valence electrons. The Morgan fingerprint density at radius 2 is 1.97 bits per heavy atom. The third-order valence-corrected chi connectivity index (χ3v) is 7.86. The van der Waals surface area contributed by atoms with Gasteiger partial charge in [-0.1, -0.05) is 23.7 Å². The van der Waals surface area contributed by atoms with Crippen molar-refractivity contribution < 1.29 is 5.11 Å². The van der Waals surface area contributed by atoms with E-state index in [0.29, 0.717) is 27.7 Å². The summed E-state index contributed by atoms with van der Waals surface area (Å²) in [5.41, 5.74) is 5.47. The van der Waals surface area contributed by atoms with E-state index in [-0.39, 0.29) is 12.1 Å². The number of aromatic amines is 2. The fourth-order valence-corrected chi connectivity index (χ4v) is 5.52. The largest absolute Gasteiger partial charge is 0.387 e. The van der Waals surface area contributed by atoms with Gasteiger partial charge < -0.3 is 25.3 Å². The number of fused-ring (bicyclic) bond motifs is 1. The number of piperazine rings is 1. The van der Waals surface area contributed by atoms with E-state index in [1.165, 1.54) is 25.1 Å². The van der Waals surface area contributed by atoms with Crippen molar-refractivity contribution in [1.29, 1.82) is 0 Å². The smallest absolute Gasteiger partial charge is 0.261 e. The van der Waals surface area contributed by atoms with Gasteiger partial charge in [-0.05, 0) is 67.1 Å². The molecule has 1 aliphatic carbocycles. The average molecular weight is 533 g/mol. The Morgan fingerprint density at radius 3 is 2.74 bits per heavy atom. The van der Waals surface area contributed by atoms with Gasteiger partial charge in [0.15, 0.2) is 0 Å². The number of hydrogen-bond donors (Lipinski definition) is 4. The zero-order chi connectivity index (χ0) is 26.2. The van der Waals surface area contributed by atoms with Crippen molar-refractivity contribution in [3.63, 3.8) is 0 Å². The van der Waals surface area contributed by atoms with Crippen molar-refractivity contribution in [2.45, 2.75) is 25.9 Å². The number of aliphatic hydroxyl groups excluding tert-OH is 1. The van der Waals surface area contributed by atoms with Crippen LogP contribution in [-0.2, 0) is 0 Å². The van der Waals surface area contributed by atoms with Crippen LogP contribution < -0.4 is 15.8 Å². The molecule has 8 nitrogen and oxygen atoms in total. The number of rotatable bonds is 8. The number of aromatic nitrogens is 3. The Labute approximate surface area is 226 Å². The van der Waals surface area contributed by atoms with Gasteiger partial charge in [0.05, 0.1) is 22.8 Å². The van der Waals surface area contributed by atoms with Crippen LogP contribution in [0.4, 0.5) is 11.4 Å². The van der Waals surface area contributed by atoms with Gasteiger partial charge in [0.2, 0.25) is 0 Å². The maximum Gasteiger partial charge on any atom is 0.261 e. The summed E-state index contributed by atoms with van der Waals surface area (Å²) < 4.78 is 0. The zero-order valence-corrected chi connectivity index (χ0v) is 22.3. The van der Waals surface area contributed by atoms with E-state index in [1.54, 1.807) is 30.5 Å². The summed E-state index contributed by atoms with van der Waals surface area (Å²) >= 11 is 6.08. The second kappa shape index (κ2) is 10.4. The molecule has 2 aliphatic rings. The molecule has 1 saturated carbocycles. The molecule has 0 spiro atoms. The summed E-state index contributed by atoms with van der Waals surface area (Å²) in [7, 11) is 0. The molecule has 6 rings (SSSR count). The number of H-pyrrole nitrogens is 2. The number of benzene rings is 2. The van der Waals surface area contributed by atoms with Gasteiger partial charge in [-0.25, -0.2) is 4.98 Å². The fourth-order valence-electron chi connectivity index (χ4n) is 5.33. The maximum absolute atomic E-state index is 12.9. The molecule has 1 atom stereocenters. The van der Waals surface area contributed by atoms with E-state index in [2.05, 4.69) is 44.1 Å². The van der Waals surface area contributed by atoms with Crippen molar-refractivity contribution in [1.82, 2.24) is 19.9 Å². The molecule has 4 N–H and O–H groups in total. The minimum atomic E-state index is -0.786. The Bertz CT molecular complexity index is 1500. The number of pyridine rings is 1. The van der Waals surface area contributed by atoms with E-state index in [1.807, 2.05) is 6.07 Å². The summed E-state index contributed by atoms with van der Waals surface area (Å²) in [4.78, 5) is 28.9. The van der Waals surface area contributed by atoms with Crippen LogP contribution in [0.2, 0.25) is 5.02 Å². The van der Waals surface area contributed by atoms with Crippen LogP contribution in [0.3, 0.4) is 0 Å². The highest BCUT2D eigenvalue weighted by Crippen LogP contribution is 2.32. The van der Waals surface area contributed by atoms with Crippen LogP contribution in [0.15, 0.2) is 53.5 Å². The molecule has 0 amide bonds. The van der Waals surface area contributed by atoms with E-state index in [4.69, 9.17) is 16.6 Å². The topological polar surface area (TPSA) is 100 Å². The maximum atomic E-state index is 12.9. The van der Waals surface area contributed by atoms with Gasteiger partial charge in [0.25, 0.3) is 5.56 Å². The number of halogens is 1. The van der Waals surface area contributed by atoms with Gasteiger partial charge in [-0.15, -0.1) is 0 Å². The molecule has 3 heterocycles. The van der Waals surface area contributed by atoms with E-state index in [0.717, 1.165) is 48.7 Å². The van der Waals surface area contributed by atoms with E-state index >= 15 is 0 Å². The molecule has 9 heteroatoms. The van der Waals surface area contributed by atoms with Crippen molar-refractivity contribution in [3.05, 3.63) is 75.2 Å². The van der Waals surface area contributed by atoms with Gasteiger partial charge in [0, 0.05) is 56.2 Å². The molecular weight excluding hydrogens is 500 g/mol. The van der Waals surface area contributed by atoms with Crippen molar-refractivity contribution in [3.8, 4) is 11.4 Å². The molecule has 4 aromatic rings. The Kier molecular flexibility index (Phi) is 6.86. The monoisotopic (exact) mass is 532 g/mol. The number of imidazole rings is 1. The van der Waals surface area contributed by atoms with Crippen molar-refractivity contribution in [2.24, 2.45) is 5.92 Å². The number of anilines is 2. The predicted molar refractivity (Wildman–Crippen MR) is 153 cm³/mol. The minimum Gasteiger partial charge on any atom is -0.387 e. The molecule has 1 saturated heterocycles. The number of hydrogen-bond acceptors (Lipinski definition) is 6. The lowest BCUT2D eigenvalue weighted by Crippen LogP contribution is -2.47. The highest BCUT2D eigenvalue weighted by Gasteiger charge is 2.27. The van der Waals surface area contributed by atoms with Crippen LogP contribution >= 0.6 is 11.6 Å². The number of nitrogens with one attached hydrogen (secondary N) is 3. The number of nitrogens with zero attached hydrogens (tertiary/aromatic N) is 3. The normalized spacial score (nSPS) is 17.2. The molecule has 0 unspecified atom stereocenters. The molecule has 2 aromatic carbocycles. The lowest BCUT2D eigenvalue weighted by Gasteiger charge is -2.36. The Morgan fingerprint density at radius 1 is 1.16 bits per heavy atom. The standard InChI is InChI=1S/C29H33ClN6O2/c1-18-13-22(36-11-9-35(10-12-36)17-19-5-6-19)15-24-27(18)34-28(33-24)26-23(7-8-31-29(26)38)32-16-25(37)20-3-2-4-21(30)14-20/h2-4,7-8,13-15,19,25,37H,5-6,9-12,16-17H2,1H3,(H,33,34)(H2,31,32,38)/t25-/m0/s1. The number of aliphatic hydroxyl groups is 1. The second-order valence-corrected chi connectivity index (χ2v) is 11.0. The SMILES string of the molecule is Cc1cc(N2CCN(CC3CC3)CC2)cc2[nH]c(-c3c(NC[C@H](O)c4cccc(Cl)c4)cc[nH]c3=O)nc12. The van der Waals surface area contributed by atoms with Gasteiger partial charge >= 0.3 is 0 Å². The van der Waals surface area contributed by atoms with Crippen LogP contribution in [0, 0.1) is 12.8 Å². The van der Waals surface area contributed by atoms with Crippen molar-refractivity contribution in [2.75, 3.05) is 49.5 Å². The average Bonchev–Trinajstić information content (AvgIpc) is 3.62. The third-order valence-electron chi connectivity index (χ3n) is 7.63. The van der Waals surface area contributed by atoms with Crippen molar-refractivity contribution >= 4 is 34.0 Å². The quantitative estimate of drug-likeness (QED) is 0.265. The minimum absolute atomic E-state index is 0.215. The summed E-state index contributed by atoms with van der Waals surface area (Å²) in [6, 6.07) is 13.3. The fraction of sp³-hybridized carbons (Fsp3) is 0.379. The van der Waals surface area contributed by atoms with E-state index < -0.39 is 6.10 Å². The molecule has 0 radical (unpaired) electrons. The molecule has 1 aliphatic heterocycles. The summed E-state index contributed by atoms with van der Waals surface area (Å²) in [5, 5.41) is 14.5. The molecule has 0 bridgehead atoms. The zero-order valence-electron chi connectivity index (χ0n) is 21.5. The Balaban J connectivity index is 1.23. The van der Waals surface area contributed by atoms with Crippen LogP contribution in [0.1, 0.15) is 30.1 Å². The van der Waals surface area contributed by atoms with Crippen LogP contribution in [-0.4, -0.2) is 64.2 Å². The van der Waals surface area contributed by atoms with Crippen LogP contribution in [0.25, 0.3) is 22.4 Å². The lowest BCUT2D eigenvalue weighted by molar-refractivity contribution is 0.191. The summed E-state index contributed by atoms with van der Waals surface area (Å²) in [6.45, 7) is 7.74. The first-order chi connectivity index (χ1) is 18.4.